The minimum absolute atomic E-state index is 0.243. The van der Waals surface area contributed by atoms with Gasteiger partial charge in [-0.15, -0.1) is 0 Å². The third kappa shape index (κ3) is 2.33. The highest BCUT2D eigenvalue weighted by atomic mass is 16.2. The Kier molecular flexibility index (Phi) is 3.30. The number of hydrogen-bond acceptors (Lipinski definition) is 4. The van der Waals surface area contributed by atoms with Crippen LogP contribution in [-0.2, 0) is 0 Å². The molecule has 0 saturated carbocycles. The molecular weight excluding hydrogens is 228 g/mol. The van der Waals surface area contributed by atoms with Crippen molar-refractivity contribution in [1.29, 1.82) is 5.26 Å². The number of pyridine rings is 2. The van der Waals surface area contributed by atoms with Crippen LogP contribution < -0.4 is 4.90 Å². The van der Waals surface area contributed by atoms with E-state index in [0.717, 1.165) is 0 Å². The second-order valence-electron chi connectivity index (χ2n) is 3.62. The highest BCUT2D eigenvalue weighted by Crippen LogP contribution is 2.12. The number of nitriles is 1. The van der Waals surface area contributed by atoms with Crippen LogP contribution in [0.2, 0.25) is 0 Å². The summed E-state index contributed by atoms with van der Waals surface area (Å²) in [6, 6.07) is 8.60. The van der Waals surface area contributed by atoms with Crippen LogP contribution in [0, 0.1) is 11.3 Å². The van der Waals surface area contributed by atoms with E-state index in [1.807, 2.05) is 6.07 Å². The quantitative estimate of drug-likeness (QED) is 0.797. The van der Waals surface area contributed by atoms with Gasteiger partial charge in [0.1, 0.15) is 11.8 Å². The van der Waals surface area contributed by atoms with Gasteiger partial charge in [-0.2, -0.15) is 5.26 Å². The third-order valence-corrected chi connectivity index (χ3v) is 2.45. The van der Waals surface area contributed by atoms with Crippen LogP contribution in [0.5, 0.6) is 0 Å². The van der Waals surface area contributed by atoms with Gasteiger partial charge in [0.2, 0.25) is 0 Å². The first kappa shape index (κ1) is 11.7. The van der Waals surface area contributed by atoms with E-state index in [4.69, 9.17) is 5.26 Å². The number of anilines is 1. The van der Waals surface area contributed by atoms with Crippen LogP contribution >= 0.6 is 0 Å². The molecule has 0 unspecified atom stereocenters. The maximum atomic E-state index is 12.1. The van der Waals surface area contributed by atoms with Crippen LogP contribution in [-0.4, -0.2) is 22.9 Å². The fourth-order valence-corrected chi connectivity index (χ4v) is 1.43. The number of rotatable bonds is 2. The Morgan fingerprint density at radius 3 is 2.72 bits per heavy atom. The first-order valence-electron chi connectivity index (χ1n) is 5.26. The minimum atomic E-state index is -0.243. The van der Waals surface area contributed by atoms with Gasteiger partial charge in [0.05, 0.1) is 17.4 Å². The summed E-state index contributed by atoms with van der Waals surface area (Å²) in [5.74, 6) is -0.243. The number of carbonyl (C=O) groups is 1. The molecule has 5 nitrogen and oxygen atoms in total. The number of aromatic nitrogens is 2. The maximum Gasteiger partial charge on any atom is 0.276 e. The fraction of sp³-hybridized carbons (Fsp3) is 0.0769. The van der Waals surface area contributed by atoms with Gasteiger partial charge >= 0.3 is 0 Å². The monoisotopic (exact) mass is 238 g/mol. The highest BCUT2D eigenvalue weighted by Gasteiger charge is 2.14. The lowest BCUT2D eigenvalue weighted by Crippen LogP contribution is -2.27. The second kappa shape index (κ2) is 5.06. The zero-order valence-electron chi connectivity index (χ0n) is 9.74. The van der Waals surface area contributed by atoms with Gasteiger partial charge in [-0.3, -0.25) is 9.78 Å². The summed E-state index contributed by atoms with van der Waals surface area (Å²) in [4.78, 5) is 21.5. The summed E-state index contributed by atoms with van der Waals surface area (Å²) in [5, 5.41) is 8.66. The molecule has 0 spiro atoms. The van der Waals surface area contributed by atoms with Gasteiger partial charge in [0.25, 0.3) is 5.91 Å². The SMILES string of the molecule is CN(C(=O)c1ccc(C#N)cn1)c1cccnc1. The van der Waals surface area contributed by atoms with Crippen molar-refractivity contribution in [3.05, 3.63) is 54.1 Å². The lowest BCUT2D eigenvalue weighted by molar-refractivity contribution is 0.0988. The van der Waals surface area contributed by atoms with E-state index in [1.165, 1.54) is 17.2 Å². The Bertz CT molecular complexity index is 587. The normalized spacial score (nSPS) is 9.56. The summed E-state index contributed by atoms with van der Waals surface area (Å²) in [6.07, 6.45) is 4.62. The molecule has 2 heterocycles. The molecule has 18 heavy (non-hydrogen) atoms. The Balaban J connectivity index is 2.23. The third-order valence-electron chi connectivity index (χ3n) is 2.45. The van der Waals surface area contributed by atoms with Crippen molar-refractivity contribution < 1.29 is 4.79 Å². The van der Waals surface area contributed by atoms with Crippen molar-refractivity contribution in [1.82, 2.24) is 9.97 Å². The number of carbonyl (C=O) groups excluding carboxylic acids is 1. The van der Waals surface area contributed by atoms with Crippen molar-refractivity contribution in [3.63, 3.8) is 0 Å². The Hall–Kier alpha value is -2.74. The molecule has 0 aliphatic heterocycles. The molecule has 0 saturated heterocycles. The van der Waals surface area contributed by atoms with E-state index < -0.39 is 0 Å². The predicted octanol–water partition coefficient (Wildman–Crippen LogP) is 1.62. The molecule has 2 aromatic heterocycles. The van der Waals surface area contributed by atoms with Crippen LogP contribution in [0.25, 0.3) is 0 Å². The molecule has 0 radical (unpaired) electrons. The largest absolute Gasteiger partial charge is 0.309 e. The average molecular weight is 238 g/mol. The molecule has 88 valence electrons. The summed E-state index contributed by atoms with van der Waals surface area (Å²) in [5.41, 5.74) is 1.41. The van der Waals surface area contributed by atoms with Crippen LogP contribution in [0.1, 0.15) is 16.1 Å². The zero-order valence-corrected chi connectivity index (χ0v) is 9.74. The van der Waals surface area contributed by atoms with Crippen LogP contribution in [0.3, 0.4) is 0 Å². The first-order valence-corrected chi connectivity index (χ1v) is 5.26. The lowest BCUT2D eigenvalue weighted by atomic mass is 10.2. The van der Waals surface area contributed by atoms with Crippen molar-refractivity contribution in [3.8, 4) is 6.07 Å². The topological polar surface area (TPSA) is 69.9 Å². The van der Waals surface area contributed by atoms with E-state index in [0.29, 0.717) is 16.9 Å². The zero-order chi connectivity index (χ0) is 13.0. The van der Waals surface area contributed by atoms with Gasteiger partial charge in [0.15, 0.2) is 0 Å². The molecule has 2 aromatic rings. The highest BCUT2D eigenvalue weighted by molar-refractivity contribution is 6.04. The Labute approximate surface area is 104 Å². The van der Waals surface area contributed by atoms with Gasteiger partial charge in [-0.25, -0.2) is 4.98 Å². The van der Waals surface area contributed by atoms with Gasteiger partial charge in [-0.05, 0) is 24.3 Å². The van der Waals surface area contributed by atoms with E-state index in [9.17, 15) is 4.79 Å². The number of amides is 1. The molecular formula is C13H10N4O. The summed E-state index contributed by atoms with van der Waals surface area (Å²) in [7, 11) is 1.65. The standard InChI is InChI=1S/C13H10N4O/c1-17(11-3-2-6-15-9-11)13(18)12-5-4-10(7-14)8-16-12/h2-6,8-9H,1H3. The molecule has 0 aliphatic rings. The predicted molar refractivity (Wildman–Crippen MR) is 65.9 cm³/mol. The maximum absolute atomic E-state index is 12.1. The van der Waals surface area contributed by atoms with Gasteiger partial charge in [-0.1, -0.05) is 0 Å². The minimum Gasteiger partial charge on any atom is -0.309 e. The van der Waals surface area contributed by atoms with Crippen molar-refractivity contribution >= 4 is 11.6 Å². The Morgan fingerprint density at radius 2 is 2.17 bits per heavy atom. The van der Waals surface area contributed by atoms with Crippen molar-refractivity contribution in [2.24, 2.45) is 0 Å². The fourth-order valence-electron chi connectivity index (χ4n) is 1.43. The number of hydrogen-bond donors (Lipinski definition) is 0. The summed E-state index contributed by atoms with van der Waals surface area (Å²) in [6.45, 7) is 0. The Morgan fingerprint density at radius 1 is 1.33 bits per heavy atom. The van der Waals surface area contributed by atoms with Gasteiger partial charge < -0.3 is 4.90 Å². The molecule has 0 fully saturated rings. The molecule has 1 amide bonds. The smallest absolute Gasteiger partial charge is 0.276 e. The average Bonchev–Trinajstić information content (AvgIpc) is 2.47. The molecule has 0 atom stereocenters. The van der Waals surface area contributed by atoms with Crippen molar-refractivity contribution in [2.75, 3.05) is 11.9 Å². The molecule has 5 heteroatoms. The molecule has 0 aromatic carbocycles. The number of nitrogens with zero attached hydrogens (tertiary/aromatic N) is 4. The molecule has 2 rings (SSSR count). The van der Waals surface area contributed by atoms with E-state index >= 15 is 0 Å². The van der Waals surface area contributed by atoms with Crippen LogP contribution in [0.15, 0.2) is 42.9 Å². The summed E-state index contributed by atoms with van der Waals surface area (Å²) < 4.78 is 0. The lowest BCUT2D eigenvalue weighted by Gasteiger charge is -2.15. The molecule has 0 bridgehead atoms. The molecule has 0 aliphatic carbocycles. The molecule has 0 N–H and O–H groups in total. The summed E-state index contributed by atoms with van der Waals surface area (Å²) >= 11 is 0. The first-order chi connectivity index (χ1) is 8.72. The second-order valence-corrected chi connectivity index (χ2v) is 3.62. The van der Waals surface area contributed by atoms with Crippen LogP contribution in [0.4, 0.5) is 5.69 Å². The van der Waals surface area contributed by atoms with E-state index in [1.54, 1.807) is 37.6 Å². The van der Waals surface area contributed by atoms with Gasteiger partial charge in [0, 0.05) is 19.4 Å². The van der Waals surface area contributed by atoms with E-state index in [2.05, 4.69) is 9.97 Å². The van der Waals surface area contributed by atoms with E-state index in [-0.39, 0.29) is 5.91 Å². The van der Waals surface area contributed by atoms with Crippen molar-refractivity contribution in [2.45, 2.75) is 0 Å².